The molecular weight excluding hydrogens is 298 g/mol. The number of carbonyl (C=O) groups is 1. The zero-order chi connectivity index (χ0) is 16.4. The lowest BCUT2D eigenvalue weighted by Crippen LogP contribution is -2.28. The van der Waals surface area contributed by atoms with Crippen molar-refractivity contribution in [3.8, 4) is 11.5 Å². The molecule has 0 atom stereocenters. The Balaban J connectivity index is 1.52. The molecule has 0 N–H and O–H groups in total. The van der Waals surface area contributed by atoms with E-state index in [2.05, 4.69) is 6.07 Å². The lowest BCUT2D eigenvalue weighted by Gasteiger charge is -2.17. The molecule has 118 valence electrons. The van der Waals surface area contributed by atoms with Crippen LogP contribution >= 0.6 is 0 Å². The van der Waals surface area contributed by atoms with Crippen LogP contribution in [0.1, 0.15) is 15.9 Å². The van der Waals surface area contributed by atoms with Crippen molar-refractivity contribution < 1.29 is 9.53 Å². The van der Waals surface area contributed by atoms with Gasteiger partial charge < -0.3 is 9.64 Å². The summed E-state index contributed by atoms with van der Waals surface area (Å²) in [6, 6.07) is 25.0. The molecule has 1 amide bonds. The summed E-state index contributed by atoms with van der Waals surface area (Å²) in [6.07, 6.45) is 0.914. The molecule has 1 aliphatic rings. The van der Waals surface area contributed by atoms with E-state index in [0.29, 0.717) is 5.56 Å². The number of para-hydroxylation sites is 2. The summed E-state index contributed by atoms with van der Waals surface area (Å²) in [5.41, 5.74) is 2.93. The highest BCUT2D eigenvalue weighted by molar-refractivity contribution is 6.07. The quantitative estimate of drug-likeness (QED) is 0.702. The van der Waals surface area contributed by atoms with Gasteiger partial charge in [-0.2, -0.15) is 0 Å². The second-order valence-corrected chi connectivity index (χ2v) is 5.77. The first kappa shape index (κ1) is 14.5. The fourth-order valence-electron chi connectivity index (χ4n) is 3.00. The molecule has 0 saturated carbocycles. The lowest BCUT2D eigenvalue weighted by molar-refractivity contribution is 0.0989. The fourth-order valence-corrected chi connectivity index (χ4v) is 3.00. The average molecular weight is 315 g/mol. The van der Waals surface area contributed by atoms with E-state index in [1.165, 1.54) is 5.56 Å². The van der Waals surface area contributed by atoms with E-state index < -0.39 is 0 Å². The molecule has 0 radical (unpaired) electrons. The summed E-state index contributed by atoms with van der Waals surface area (Å²) in [4.78, 5) is 14.6. The van der Waals surface area contributed by atoms with Crippen molar-refractivity contribution in [2.24, 2.45) is 0 Å². The highest BCUT2D eigenvalue weighted by Crippen LogP contribution is 2.29. The Hall–Kier alpha value is -3.07. The van der Waals surface area contributed by atoms with Crippen molar-refractivity contribution in [2.75, 3.05) is 11.4 Å². The van der Waals surface area contributed by atoms with Crippen molar-refractivity contribution in [3.05, 3.63) is 90.0 Å². The number of nitrogens with zero attached hydrogens (tertiary/aromatic N) is 1. The van der Waals surface area contributed by atoms with Crippen LogP contribution in [0, 0.1) is 0 Å². The lowest BCUT2D eigenvalue weighted by atomic mass is 10.1. The molecule has 0 bridgehead atoms. The average Bonchev–Trinajstić information content (AvgIpc) is 3.07. The normalized spacial score (nSPS) is 12.8. The van der Waals surface area contributed by atoms with Crippen LogP contribution < -0.4 is 9.64 Å². The van der Waals surface area contributed by atoms with Crippen molar-refractivity contribution in [3.63, 3.8) is 0 Å². The highest BCUT2D eigenvalue weighted by Gasteiger charge is 2.24. The maximum atomic E-state index is 12.8. The molecule has 3 heteroatoms. The molecule has 0 saturated heterocycles. The molecule has 0 aliphatic carbocycles. The van der Waals surface area contributed by atoms with Crippen LogP contribution in [0.4, 0.5) is 5.69 Å². The zero-order valence-corrected chi connectivity index (χ0v) is 13.2. The summed E-state index contributed by atoms with van der Waals surface area (Å²) in [6.45, 7) is 0.737. The van der Waals surface area contributed by atoms with Crippen LogP contribution in [0.25, 0.3) is 0 Å². The Labute approximate surface area is 141 Å². The number of hydrogen-bond acceptors (Lipinski definition) is 2. The highest BCUT2D eigenvalue weighted by atomic mass is 16.5. The van der Waals surface area contributed by atoms with Gasteiger partial charge in [0.05, 0.1) is 0 Å². The number of carbonyl (C=O) groups excluding carboxylic acids is 1. The SMILES string of the molecule is O=C(c1ccc(Oc2ccccc2)cc1)N1CCc2ccccc21. The van der Waals surface area contributed by atoms with Gasteiger partial charge in [-0.3, -0.25) is 4.79 Å². The standard InChI is InChI=1S/C21H17NO2/c23-21(22-15-14-16-6-4-5-9-20(16)22)17-10-12-19(13-11-17)24-18-7-2-1-3-8-18/h1-13H,14-15H2. The maximum Gasteiger partial charge on any atom is 0.258 e. The first-order valence-electron chi connectivity index (χ1n) is 8.04. The first-order valence-corrected chi connectivity index (χ1v) is 8.04. The number of hydrogen-bond donors (Lipinski definition) is 0. The summed E-state index contributed by atoms with van der Waals surface area (Å²) in [7, 11) is 0. The Kier molecular flexibility index (Phi) is 3.75. The monoisotopic (exact) mass is 315 g/mol. The molecule has 0 aromatic heterocycles. The van der Waals surface area contributed by atoms with Gasteiger partial charge >= 0.3 is 0 Å². The Morgan fingerprint density at radius 3 is 2.25 bits per heavy atom. The number of amides is 1. The molecule has 0 spiro atoms. The Morgan fingerprint density at radius 2 is 1.46 bits per heavy atom. The summed E-state index contributed by atoms with van der Waals surface area (Å²) in [5, 5.41) is 0. The molecule has 3 nitrogen and oxygen atoms in total. The predicted octanol–water partition coefficient (Wildman–Crippen LogP) is 4.68. The number of rotatable bonds is 3. The van der Waals surface area contributed by atoms with E-state index in [1.807, 2.05) is 77.7 Å². The van der Waals surface area contributed by atoms with Crippen LogP contribution in [0.15, 0.2) is 78.9 Å². The van der Waals surface area contributed by atoms with Crippen LogP contribution in [0.2, 0.25) is 0 Å². The molecule has 1 aliphatic heterocycles. The Morgan fingerprint density at radius 1 is 0.792 bits per heavy atom. The number of benzene rings is 3. The Bertz CT molecular complexity index is 857. The molecule has 0 unspecified atom stereocenters. The largest absolute Gasteiger partial charge is 0.457 e. The van der Waals surface area contributed by atoms with Gasteiger partial charge in [0, 0.05) is 17.8 Å². The third-order valence-corrected chi connectivity index (χ3v) is 4.21. The van der Waals surface area contributed by atoms with Gasteiger partial charge in [-0.05, 0) is 54.4 Å². The van der Waals surface area contributed by atoms with Crippen molar-refractivity contribution in [2.45, 2.75) is 6.42 Å². The minimum atomic E-state index is 0.0335. The first-order chi connectivity index (χ1) is 11.8. The third-order valence-electron chi connectivity index (χ3n) is 4.21. The van der Waals surface area contributed by atoms with E-state index in [9.17, 15) is 4.79 Å². The van der Waals surface area contributed by atoms with Crippen molar-refractivity contribution >= 4 is 11.6 Å². The van der Waals surface area contributed by atoms with Crippen LogP contribution in [0.5, 0.6) is 11.5 Å². The molecule has 3 aromatic carbocycles. The van der Waals surface area contributed by atoms with E-state index in [-0.39, 0.29) is 5.91 Å². The second-order valence-electron chi connectivity index (χ2n) is 5.77. The predicted molar refractivity (Wildman–Crippen MR) is 94.8 cm³/mol. The van der Waals surface area contributed by atoms with Crippen LogP contribution in [0.3, 0.4) is 0 Å². The van der Waals surface area contributed by atoms with E-state index >= 15 is 0 Å². The van der Waals surface area contributed by atoms with E-state index in [1.54, 1.807) is 0 Å². The van der Waals surface area contributed by atoms with Gasteiger partial charge in [0.15, 0.2) is 0 Å². The third kappa shape index (κ3) is 2.76. The molecule has 3 aromatic rings. The minimum absolute atomic E-state index is 0.0335. The van der Waals surface area contributed by atoms with E-state index in [4.69, 9.17) is 4.74 Å². The topological polar surface area (TPSA) is 29.5 Å². The molecule has 4 rings (SSSR count). The number of anilines is 1. The zero-order valence-electron chi connectivity index (χ0n) is 13.2. The van der Waals surface area contributed by atoms with Gasteiger partial charge in [0.2, 0.25) is 0 Å². The van der Waals surface area contributed by atoms with E-state index in [0.717, 1.165) is 30.2 Å². The van der Waals surface area contributed by atoms with Gasteiger partial charge in [0.1, 0.15) is 11.5 Å². The van der Waals surface area contributed by atoms with Crippen LogP contribution in [-0.4, -0.2) is 12.5 Å². The second kappa shape index (κ2) is 6.20. The fraction of sp³-hybridized carbons (Fsp3) is 0.0952. The summed E-state index contributed by atoms with van der Waals surface area (Å²) in [5.74, 6) is 1.54. The van der Waals surface area contributed by atoms with Gasteiger partial charge in [-0.1, -0.05) is 36.4 Å². The smallest absolute Gasteiger partial charge is 0.258 e. The summed E-state index contributed by atoms with van der Waals surface area (Å²) < 4.78 is 5.77. The van der Waals surface area contributed by atoms with Gasteiger partial charge in [-0.25, -0.2) is 0 Å². The van der Waals surface area contributed by atoms with Crippen LogP contribution in [-0.2, 0) is 6.42 Å². The number of ether oxygens (including phenoxy) is 1. The van der Waals surface area contributed by atoms with Crippen molar-refractivity contribution in [1.29, 1.82) is 0 Å². The number of fused-ring (bicyclic) bond motifs is 1. The molecule has 1 heterocycles. The molecule has 24 heavy (non-hydrogen) atoms. The van der Waals surface area contributed by atoms with Gasteiger partial charge in [-0.15, -0.1) is 0 Å². The summed E-state index contributed by atoms with van der Waals surface area (Å²) >= 11 is 0. The minimum Gasteiger partial charge on any atom is -0.457 e. The van der Waals surface area contributed by atoms with Crippen molar-refractivity contribution in [1.82, 2.24) is 0 Å². The molecular formula is C21H17NO2. The maximum absolute atomic E-state index is 12.8. The molecule has 0 fully saturated rings. The van der Waals surface area contributed by atoms with Gasteiger partial charge in [0.25, 0.3) is 5.91 Å².